The summed E-state index contributed by atoms with van der Waals surface area (Å²) in [7, 11) is 0. The Balaban J connectivity index is 1.01. The van der Waals surface area contributed by atoms with Gasteiger partial charge in [-0.05, 0) is 87.8 Å². The molecule has 0 atom stereocenters. The van der Waals surface area contributed by atoms with Crippen LogP contribution in [0.15, 0.2) is 24.3 Å². The second kappa shape index (κ2) is 11.0. The Morgan fingerprint density at radius 2 is 1.69 bits per heavy atom. The van der Waals surface area contributed by atoms with Gasteiger partial charge < -0.3 is 20.3 Å². The molecule has 0 spiro atoms. The van der Waals surface area contributed by atoms with E-state index in [4.69, 9.17) is 16.3 Å². The van der Waals surface area contributed by atoms with Crippen LogP contribution >= 0.6 is 11.6 Å². The van der Waals surface area contributed by atoms with Gasteiger partial charge in [-0.2, -0.15) is 0 Å². The normalized spacial score (nSPS) is 29.7. The van der Waals surface area contributed by atoms with E-state index in [-0.39, 0.29) is 23.4 Å². The van der Waals surface area contributed by atoms with E-state index in [0.717, 1.165) is 94.0 Å². The van der Waals surface area contributed by atoms with Crippen LogP contribution < -0.4 is 15.4 Å². The lowest BCUT2D eigenvalue weighted by molar-refractivity contribution is -0.130. The molecule has 1 saturated heterocycles. The molecule has 0 unspecified atom stereocenters. The Hall–Kier alpha value is -1.99. The molecule has 0 aromatic heterocycles. The molecule has 5 aliphatic rings. The van der Waals surface area contributed by atoms with Gasteiger partial charge in [0.05, 0.1) is 6.61 Å². The van der Waals surface area contributed by atoms with Crippen LogP contribution in [0.3, 0.4) is 0 Å². The molecule has 1 aromatic rings. The van der Waals surface area contributed by atoms with Crippen molar-refractivity contribution in [1.29, 1.82) is 0 Å². The first-order valence-electron chi connectivity index (χ1n) is 13.4. The molecular weight excluding hydrogens is 464 g/mol. The number of nitrogens with one attached hydrogen (secondary N) is 2. The van der Waals surface area contributed by atoms with Gasteiger partial charge in [-0.25, -0.2) is 4.79 Å². The number of carbonyl (C=O) groups is 2. The predicted molar refractivity (Wildman–Crippen MR) is 138 cm³/mol. The molecule has 6 rings (SSSR count). The molecule has 35 heavy (non-hydrogen) atoms. The van der Waals surface area contributed by atoms with Crippen molar-refractivity contribution >= 4 is 29.2 Å². The highest BCUT2D eigenvalue weighted by Gasteiger charge is 2.51. The van der Waals surface area contributed by atoms with E-state index in [9.17, 15) is 9.59 Å². The molecular formula is C27H39ClN4O3. The van der Waals surface area contributed by atoms with Gasteiger partial charge in [0.1, 0.15) is 11.6 Å². The van der Waals surface area contributed by atoms with E-state index >= 15 is 0 Å². The van der Waals surface area contributed by atoms with Crippen LogP contribution in [0.2, 0.25) is 0 Å². The van der Waals surface area contributed by atoms with E-state index in [1.807, 2.05) is 29.2 Å². The largest absolute Gasteiger partial charge is 0.494 e. The van der Waals surface area contributed by atoms with Crippen molar-refractivity contribution in [2.24, 2.45) is 17.8 Å². The summed E-state index contributed by atoms with van der Waals surface area (Å²) in [6, 6.07) is 7.61. The molecule has 8 heteroatoms. The fraction of sp³-hybridized carbons (Fsp3) is 0.704. The minimum absolute atomic E-state index is 0.0131. The SMILES string of the molecule is O=C(Nc1cccc(OCCCCN2CCN(C(=O)CCl)CC2)c1)NC12CC3CC(CC(C3)C1)C2. The highest BCUT2D eigenvalue weighted by molar-refractivity contribution is 6.27. The number of unbranched alkanes of at least 4 members (excludes halogenated alkanes) is 1. The second-order valence-electron chi connectivity index (χ2n) is 11.2. The third-order valence-corrected chi connectivity index (χ3v) is 8.71. The first kappa shape index (κ1) is 24.7. The van der Waals surface area contributed by atoms with Gasteiger partial charge in [0.15, 0.2) is 0 Å². The monoisotopic (exact) mass is 502 g/mol. The number of urea groups is 1. The summed E-state index contributed by atoms with van der Waals surface area (Å²) in [4.78, 5) is 28.7. The molecule has 5 fully saturated rings. The van der Waals surface area contributed by atoms with Crippen molar-refractivity contribution in [2.45, 2.75) is 56.9 Å². The first-order valence-corrected chi connectivity index (χ1v) is 13.9. The molecule has 7 nitrogen and oxygen atoms in total. The molecule has 4 saturated carbocycles. The number of piperazine rings is 1. The molecule has 1 heterocycles. The zero-order valence-corrected chi connectivity index (χ0v) is 21.4. The average Bonchev–Trinajstić information content (AvgIpc) is 2.82. The van der Waals surface area contributed by atoms with Crippen molar-refractivity contribution in [3.8, 4) is 5.75 Å². The number of ether oxygens (including phenoxy) is 1. The fourth-order valence-electron chi connectivity index (χ4n) is 7.26. The van der Waals surface area contributed by atoms with E-state index in [0.29, 0.717) is 6.61 Å². The Morgan fingerprint density at radius 1 is 1.00 bits per heavy atom. The summed E-state index contributed by atoms with van der Waals surface area (Å²) >= 11 is 5.65. The van der Waals surface area contributed by atoms with Crippen molar-refractivity contribution in [3.05, 3.63) is 24.3 Å². The van der Waals surface area contributed by atoms with Gasteiger partial charge >= 0.3 is 6.03 Å². The number of anilines is 1. The lowest BCUT2D eigenvalue weighted by Gasteiger charge is -2.56. The van der Waals surface area contributed by atoms with Gasteiger partial charge in [-0.15, -0.1) is 11.6 Å². The Morgan fingerprint density at radius 3 is 2.34 bits per heavy atom. The summed E-state index contributed by atoms with van der Waals surface area (Å²) in [6.07, 6.45) is 9.57. The Bertz CT molecular complexity index is 867. The van der Waals surface area contributed by atoms with Gasteiger partial charge in [-0.1, -0.05) is 6.07 Å². The molecule has 4 bridgehead atoms. The fourth-order valence-corrected chi connectivity index (χ4v) is 7.43. The third-order valence-electron chi connectivity index (χ3n) is 8.49. The number of alkyl halides is 1. The summed E-state index contributed by atoms with van der Waals surface area (Å²) < 4.78 is 5.96. The molecule has 4 aliphatic carbocycles. The zero-order chi connectivity index (χ0) is 24.3. The summed E-state index contributed by atoms with van der Waals surface area (Å²) in [5.74, 6) is 3.31. The summed E-state index contributed by atoms with van der Waals surface area (Å²) in [5.41, 5.74) is 0.785. The predicted octanol–water partition coefficient (Wildman–Crippen LogP) is 4.32. The highest BCUT2D eigenvalue weighted by Crippen LogP contribution is 2.55. The number of benzene rings is 1. The van der Waals surface area contributed by atoms with E-state index in [1.165, 1.54) is 19.3 Å². The number of rotatable bonds is 9. The maximum absolute atomic E-state index is 12.8. The van der Waals surface area contributed by atoms with Crippen LogP contribution in [0.4, 0.5) is 10.5 Å². The number of nitrogens with zero attached hydrogens (tertiary/aromatic N) is 2. The number of hydrogen-bond acceptors (Lipinski definition) is 4. The number of halogens is 1. The van der Waals surface area contributed by atoms with E-state index in [2.05, 4.69) is 15.5 Å². The second-order valence-corrected chi connectivity index (χ2v) is 11.5. The van der Waals surface area contributed by atoms with E-state index in [1.54, 1.807) is 0 Å². The van der Waals surface area contributed by atoms with Crippen LogP contribution in [0, 0.1) is 17.8 Å². The number of hydrogen-bond donors (Lipinski definition) is 2. The van der Waals surface area contributed by atoms with Crippen LogP contribution in [0.5, 0.6) is 5.75 Å². The topological polar surface area (TPSA) is 73.9 Å². The Kier molecular flexibility index (Phi) is 7.73. The summed E-state index contributed by atoms with van der Waals surface area (Å²) in [6.45, 7) is 4.99. The molecule has 192 valence electrons. The van der Waals surface area contributed by atoms with Crippen molar-refractivity contribution < 1.29 is 14.3 Å². The van der Waals surface area contributed by atoms with Crippen LogP contribution in [-0.2, 0) is 4.79 Å². The van der Waals surface area contributed by atoms with Gasteiger partial charge in [0, 0.05) is 43.5 Å². The van der Waals surface area contributed by atoms with Gasteiger partial charge in [0.2, 0.25) is 5.91 Å². The lowest BCUT2D eigenvalue weighted by Crippen LogP contribution is -2.60. The number of carbonyl (C=O) groups excluding carboxylic acids is 2. The standard InChI is InChI=1S/C27H39ClN4O3/c28-19-25(33)32-9-7-31(8-10-32)6-1-2-11-35-24-5-3-4-23(15-24)29-26(34)30-27-16-20-12-21(17-27)14-22(13-20)18-27/h3-5,15,20-22H,1-2,6-14,16-19H2,(H2,29,30,34). The van der Waals surface area contributed by atoms with E-state index < -0.39 is 0 Å². The quantitative estimate of drug-likeness (QED) is 0.389. The number of amides is 3. The maximum atomic E-state index is 12.8. The van der Waals surface area contributed by atoms with Crippen LogP contribution in [-0.4, -0.2) is 72.5 Å². The van der Waals surface area contributed by atoms with Crippen molar-refractivity contribution in [2.75, 3.05) is 50.5 Å². The van der Waals surface area contributed by atoms with Gasteiger partial charge in [-0.3, -0.25) is 9.69 Å². The minimum atomic E-state index is -0.0862. The maximum Gasteiger partial charge on any atom is 0.319 e. The van der Waals surface area contributed by atoms with Crippen LogP contribution in [0.1, 0.15) is 51.4 Å². The summed E-state index contributed by atoms with van der Waals surface area (Å²) in [5, 5.41) is 6.42. The molecule has 1 aliphatic heterocycles. The molecule has 1 aromatic carbocycles. The molecule has 0 radical (unpaired) electrons. The zero-order valence-electron chi connectivity index (χ0n) is 20.6. The average molecular weight is 503 g/mol. The Labute approximate surface area is 213 Å². The minimum Gasteiger partial charge on any atom is -0.494 e. The van der Waals surface area contributed by atoms with Crippen molar-refractivity contribution in [1.82, 2.24) is 15.1 Å². The molecule has 2 N–H and O–H groups in total. The molecule has 3 amide bonds. The third kappa shape index (κ3) is 6.23. The first-order chi connectivity index (χ1) is 17.0. The van der Waals surface area contributed by atoms with Crippen LogP contribution in [0.25, 0.3) is 0 Å². The lowest BCUT2D eigenvalue weighted by atomic mass is 9.53. The van der Waals surface area contributed by atoms with Crippen molar-refractivity contribution in [3.63, 3.8) is 0 Å². The smallest absolute Gasteiger partial charge is 0.319 e. The van der Waals surface area contributed by atoms with Gasteiger partial charge in [0.25, 0.3) is 0 Å². The highest BCUT2D eigenvalue weighted by atomic mass is 35.5.